The van der Waals surface area contributed by atoms with E-state index < -0.39 is 17.2 Å². The molecule has 0 saturated heterocycles. The quantitative estimate of drug-likeness (QED) is 0.690. The van der Waals surface area contributed by atoms with Gasteiger partial charge in [0, 0.05) is 5.56 Å². The van der Waals surface area contributed by atoms with E-state index >= 15 is 0 Å². The molecule has 0 spiro atoms. The lowest BCUT2D eigenvalue weighted by molar-refractivity contribution is -0.127. The lowest BCUT2D eigenvalue weighted by Crippen LogP contribution is -2.31. The maximum absolute atomic E-state index is 12.5. The van der Waals surface area contributed by atoms with Gasteiger partial charge in [0.2, 0.25) is 11.6 Å². The Kier molecular flexibility index (Phi) is 3.85. The molecule has 1 aliphatic heterocycles. The number of nitrogens with two attached hydrogens (primary N) is 1. The Morgan fingerprint density at radius 3 is 2.12 bits per heavy atom. The van der Waals surface area contributed by atoms with Crippen molar-refractivity contribution in [1.82, 2.24) is 0 Å². The first kappa shape index (κ1) is 15.8. The van der Waals surface area contributed by atoms with E-state index in [1.807, 2.05) is 30.3 Å². The van der Waals surface area contributed by atoms with E-state index in [2.05, 4.69) is 0 Å². The third kappa shape index (κ3) is 2.88. The summed E-state index contributed by atoms with van der Waals surface area (Å²) in [5, 5.41) is 0. The van der Waals surface area contributed by atoms with Crippen molar-refractivity contribution in [2.24, 2.45) is 5.73 Å². The molecule has 1 heterocycles. The normalized spacial score (nSPS) is 16.0. The van der Waals surface area contributed by atoms with Gasteiger partial charge in [0.05, 0.1) is 0 Å². The van der Waals surface area contributed by atoms with Crippen molar-refractivity contribution >= 4 is 11.6 Å². The number of carbonyl (C=O) groups excluding carboxylic acids is 2. The number of benzene rings is 2. The third-order valence-electron chi connectivity index (χ3n) is 3.71. The first-order valence-electron chi connectivity index (χ1n) is 7.50. The van der Waals surface area contributed by atoms with E-state index in [4.69, 9.17) is 15.2 Å². The van der Waals surface area contributed by atoms with Gasteiger partial charge in [-0.25, -0.2) is 0 Å². The molecule has 2 N–H and O–H groups in total. The van der Waals surface area contributed by atoms with Crippen LogP contribution in [0.3, 0.4) is 0 Å². The van der Waals surface area contributed by atoms with E-state index in [-0.39, 0.29) is 11.5 Å². The summed E-state index contributed by atoms with van der Waals surface area (Å²) >= 11 is 0. The summed E-state index contributed by atoms with van der Waals surface area (Å²) in [7, 11) is 0. The molecule has 0 unspecified atom stereocenters. The van der Waals surface area contributed by atoms with Crippen LogP contribution in [0.5, 0.6) is 11.5 Å². The molecular formula is C19H17NO4. The molecule has 2 aromatic rings. The summed E-state index contributed by atoms with van der Waals surface area (Å²) in [6, 6.07) is 15.8. The van der Waals surface area contributed by atoms with Crippen LogP contribution < -0.4 is 10.5 Å². The van der Waals surface area contributed by atoms with Crippen molar-refractivity contribution in [2.45, 2.75) is 19.4 Å². The Bertz CT molecular complexity index is 820. The molecule has 3 rings (SSSR count). The van der Waals surface area contributed by atoms with Crippen LogP contribution in [0.2, 0.25) is 0 Å². The van der Waals surface area contributed by atoms with Crippen LogP contribution in [-0.2, 0) is 9.53 Å². The zero-order valence-electron chi connectivity index (χ0n) is 13.4. The van der Waals surface area contributed by atoms with E-state index in [1.54, 1.807) is 38.1 Å². The molecule has 0 amide bonds. The molecule has 0 aromatic heterocycles. The minimum atomic E-state index is -1.11. The van der Waals surface area contributed by atoms with E-state index in [0.717, 1.165) is 0 Å². The molecular weight excluding hydrogens is 306 g/mol. The summed E-state index contributed by atoms with van der Waals surface area (Å²) in [5.74, 6) is 0.308. The maximum Gasteiger partial charge on any atom is 0.215 e. The minimum Gasteiger partial charge on any atom is -0.464 e. The van der Waals surface area contributed by atoms with Gasteiger partial charge in [0.1, 0.15) is 17.1 Å². The van der Waals surface area contributed by atoms with Crippen molar-refractivity contribution in [3.8, 4) is 11.5 Å². The molecule has 0 saturated carbocycles. The van der Waals surface area contributed by atoms with Crippen LogP contribution in [0.4, 0.5) is 0 Å². The number of Topliss-reactive ketones (excluding diaryl/α,β-unsaturated/α-hetero) is 2. The summed E-state index contributed by atoms with van der Waals surface area (Å²) in [6.07, 6.45) is 0. The molecule has 0 radical (unpaired) electrons. The molecule has 0 aliphatic carbocycles. The summed E-state index contributed by atoms with van der Waals surface area (Å²) in [5.41, 5.74) is 4.85. The number of rotatable bonds is 4. The van der Waals surface area contributed by atoms with Crippen molar-refractivity contribution in [3.05, 3.63) is 71.6 Å². The Labute approximate surface area is 139 Å². The molecule has 24 heavy (non-hydrogen) atoms. The second-order valence-corrected chi connectivity index (χ2v) is 5.95. The number of carbonyl (C=O) groups is 2. The first-order chi connectivity index (χ1) is 11.4. The van der Waals surface area contributed by atoms with Crippen LogP contribution >= 0.6 is 0 Å². The maximum atomic E-state index is 12.5. The zero-order valence-corrected chi connectivity index (χ0v) is 13.4. The van der Waals surface area contributed by atoms with Crippen molar-refractivity contribution in [3.63, 3.8) is 0 Å². The van der Waals surface area contributed by atoms with Crippen molar-refractivity contribution < 1.29 is 19.1 Å². The average Bonchev–Trinajstić information content (AvgIpc) is 2.76. The highest BCUT2D eigenvalue weighted by molar-refractivity contribution is 6.29. The second-order valence-electron chi connectivity index (χ2n) is 5.95. The monoisotopic (exact) mass is 323 g/mol. The SMILES string of the molecule is CC1(C)OC(N)=C(C(=O)c2ccc(Oc3ccccc3)cc2)C1=O. The molecule has 0 fully saturated rings. The number of para-hydroxylation sites is 1. The van der Waals surface area contributed by atoms with Crippen LogP contribution in [0.15, 0.2) is 66.1 Å². The van der Waals surface area contributed by atoms with E-state index in [0.29, 0.717) is 17.1 Å². The Morgan fingerprint density at radius 2 is 1.58 bits per heavy atom. The molecule has 0 bridgehead atoms. The minimum absolute atomic E-state index is 0.100. The van der Waals surface area contributed by atoms with E-state index in [9.17, 15) is 9.59 Å². The molecule has 1 aliphatic rings. The van der Waals surface area contributed by atoms with Gasteiger partial charge in [-0.1, -0.05) is 18.2 Å². The van der Waals surface area contributed by atoms with Gasteiger partial charge < -0.3 is 15.2 Å². The largest absolute Gasteiger partial charge is 0.464 e. The van der Waals surface area contributed by atoms with Gasteiger partial charge in [-0.3, -0.25) is 9.59 Å². The molecule has 5 heteroatoms. The summed E-state index contributed by atoms with van der Waals surface area (Å²) < 4.78 is 11.0. The first-order valence-corrected chi connectivity index (χ1v) is 7.50. The predicted octanol–water partition coefficient (Wildman–Crippen LogP) is 3.21. The molecule has 5 nitrogen and oxygen atoms in total. The third-order valence-corrected chi connectivity index (χ3v) is 3.71. The lowest BCUT2D eigenvalue weighted by Gasteiger charge is -2.15. The smallest absolute Gasteiger partial charge is 0.215 e. The Hall–Kier alpha value is -3.08. The fraction of sp³-hybridized carbons (Fsp3) is 0.158. The topological polar surface area (TPSA) is 78.6 Å². The lowest BCUT2D eigenvalue weighted by atomic mass is 9.94. The number of ketones is 2. The zero-order chi connectivity index (χ0) is 17.3. The molecule has 122 valence electrons. The predicted molar refractivity (Wildman–Crippen MR) is 88.7 cm³/mol. The van der Waals surface area contributed by atoms with Gasteiger partial charge in [-0.2, -0.15) is 0 Å². The van der Waals surface area contributed by atoms with Crippen molar-refractivity contribution in [1.29, 1.82) is 0 Å². The van der Waals surface area contributed by atoms with Gasteiger partial charge in [-0.15, -0.1) is 0 Å². The second kappa shape index (κ2) is 5.85. The van der Waals surface area contributed by atoms with E-state index in [1.165, 1.54) is 0 Å². The fourth-order valence-electron chi connectivity index (χ4n) is 2.44. The van der Waals surface area contributed by atoms with Crippen LogP contribution in [0, 0.1) is 0 Å². The van der Waals surface area contributed by atoms with Gasteiger partial charge >= 0.3 is 0 Å². The highest BCUT2D eigenvalue weighted by Crippen LogP contribution is 2.30. The summed E-state index contributed by atoms with van der Waals surface area (Å²) in [4.78, 5) is 24.8. The number of hydrogen-bond acceptors (Lipinski definition) is 5. The van der Waals surface area contributed by atoms with Crippen LogP contribution in [0.25, 0.3) is 0 Å². The highest BCUT2D eigenvalue weighted by atomic mass is 16.5. The molecule has 2 aromatic carbocycles. The Morgan fingerprint density at radius 1 is 1.00 bits per heavy atom. The number of ether oxygens (including phenoxy) is 2. The highest BCUT2D eigenvalue weighted by Gasteiger charge is 2.44. The van der Waals surface area contributed by atoms with Gasteiger partial charge in [-0.05, 0) is 50.2 Å². The Balaban J connectivity index is 1.80. The van der Waals surface area contributed by atoms with Crippen LogP contribution in [-0.4, -0.2) is 17.2 Å². The van der Waals surface area contributed by atoms with Crippen LogP contribution in [0.1, 0.15) is 24.2 Å². The summed E-state index contributed by atoms with van der Waals surface area (Å²) in [6.45, 7) is 3.17. The number of hydrogen-bond donors (Lipinski definition) is 1. The standard InChI is InChI=1S/C19H17NO4/c1-19(2)17(22)15(18(20)24-19)16(21)12-8-10-14(11-9-12)23-13-6-4-3-5-7-13/h3-11H,20H2,1-2H3. The van der Waals surface area contributed by atoms with Crippen molar-refractivity contribution in [2.75, 3.05) is 0 Å². The molecule has 0 atom stereocenters. The fourth-order valence-corrected chi connectivity index (χ4v) is 2.44. The van der Waals surface area contributed by atoms with Gasteiger partial charge in [0.15, 0.2) is 11.5 Å². The average molecular weight is 323 g/mol. The van der Waals surface area contributed by atoms with Gasteiger partial charge in [0.25, 0.3) is 0 Å².